The lowest BCUT2D eigenvalue weighted by molar-refractivity contribution is -0.116. The number of nitrogens with zero attached hydrogens (tertiary/aromatic N) is 1. The maximum Gasteiger partial charge on any atom is 0.261 e. The van der Waals surface area contributed by atoms with E-state index in [0.29, 0.717) is 11.8 Å². The van der Waals surface area contributed by atoms with Gasteiger partial charge < -0.3 is 0 Å². The van der Waals surface area contributed by atoms with Crippen LogP contribution in [-0.4, -0.2) is 22.1 Å². The molecule has 0 aromatic heterocycles. The summed E-state index contributed by atoms with van der Waals surface area (Å²) in [5.41, 5.74) is 0. The van der Waals surface area contributed by atoms with Gasteiger partial charge in [0.2, 0.25) is 0 Å². The summed E-state index contributed by atoms with van der Waals surface area (Å²) >= 11 is 7.29. The van der Waals surface area contributed by atoms with Gasteiger partial charge in [0, 0.05) is 11.8 Å². The predicted molar refractivity (Wildman–Crippen MR) is 61.1 cm³/mol. The van der Waals surface area contributed by atoms with Crippen LogP contribution in [0.3, 0.4) is 0 Å². The standard InChI is InChI=1S/C10H14ClNOS/c11-6-8-9(13)12-10(14-8)7-4-2-1-3-5-7/h7-8H,1-6H2. The molecule has 4 heteroatoms. The zero-order chi connectivity index (χ0) is 9.97. The molecular formula is C10H14ClNOS. The molecule has 0 bridgehead atoms. The van der Waals surface area contributed by atoms with Crippen LogP contribution in [0.1, 0.15) is 32.1 Å². The zero-order valence-corrected chi connectivity index (χ0v) is 9.61. The number of carbonyl (C=O) groups is 1. The maximum atomic E-state index is 11.4. The Labute approximate surface area is 93.5 Å². The molecule has 2 nitrogen and oxygen atoms in total. The van der Waals surface area contributed by atoms with Gasteiger partial charge in [0.1, 0.15) is 5.25 Å². The van der Waals surface area contributed by atoms with Crippen LogP contribution in [0.5, 0.6) is 0 Å². The van der Waals surface area contributed by atoms with Crippen molar-refractivity contribution in [1.29, 1.82) is 0 Å². The lowest BCUT2D eigenvalue weighted by atomic mass is 9.90. The highest BCUT2D eigenvalue weighted by Crippen LogP contribution is 2.34. The quantitative estimate of drug-likeness (QED) is 0.684. The number of aliphatic imine (C=N–C) groups is 1. The van der Waals surface area contributed by atoms with Crippen molar-refractivity contribution in [2.24, 2.45) is 10.9 Å². The van der Waals surface area contributed by atoms with Crippen molar-refractivity contribution in [3.05, 3.63) is 0 Å². The Morgan fingerprint density at radius 1 is 1.36 bits per heavy atom. The van der Waals surface area contributed by atoms with Gasteiger partial charge in [-0.2, -0.15) is 0 Å². The largest absolute Gasteiger partial charge is 0.271 e. The average molecular weight is 232 g/mol. The first kappa shape index (κ1) is 10.5. The smallest absolute Gasteiger partial charge is 0.261 e. The summed E-state index contributed by atoms with van der Waals surface area (Å²) in [7, 11) is 0. The van der Waals surface area contributed by atoms with E-state index in [9.17, 15) is 4.79 Å². The molecule has 2 rings (SSSR count). The maximum absolute atomic E-state index is 11.4. The van der Waals surface area contributed by atoms with E-state index in [2.05, 4.69) is 4.99 Å². The third-order valence-electron chi connectivity index (χ3n) is 2.85. The lowest BCUT2D eigenvalue weighted by Gasteiger charge is -2.20. The first-order valence-electron chi connectivity index (χ1n) is 5.16. The number of rotatable bonds is 2. The summed E-state index contributed by atoms with van der Waals surface area (Å²) in [5.74, 6) is 0.917. The fourth-order valence-corrected chi connectivity index (χ4v) is 3.44. The second-order valence-electron chi connectivity index (χ2n) is 3.88. The molecule has 1 aliphatic heterocycles. The van der Waals surface area contributed by atoms with Crippen molar-refractivity contribution >= 4 is 34.3 Å². The van der Waals surface area contributed by atoms with Crippen molar-refractivity contribution in [2.75, 3.05) is 5.88 Å². The fraction of sp³-hybridized carbons (Fsp3) is 0.800. The van der Waals surface area contributed by atoms with Crippen LogP contribution in [-0.2, 0) is 4.79 Å². The summed E-state index contributed by atoms with van der Waals surface area (Å²) in [5, 5.41) is 0.953. The third kappa shape index (κ3) is 2.14. The molecule has 78 valence electrons. The Bertz CT molecular complexity index is 261. The van der Waals surface area contributed by atoms with Crippen molar-refractivity contribution < 1.29 is 4.79 Å². The van der Waals surface area contributed by atoms with Crippen LogP contribution in [0.4, 0.5) is 0 Å². The molecule has 0 aromatic carbocycles. The highest BCUT2D eigenvalue weighted by atomic mass is 35.5. The summed E-state index contributed by atoms with van der Waals surface area (Å²) in [6.07, 6.45) is 6.30. The monoisotopic (exact) mass is 231 g/mol. The minimum atomic E-state index is -0.103. The van der Waals surface area contributed by atoms with Crippen LogP contribution < -0.4 is 0 Å². The molecule has 1 heterocycles. The van der Waals surface area contributed by atoms with Gasteiger partial charge in [0.25, 0.3) is 5.91 Å². The van der Waals surface area contributed by atoms with Crippen LogP contribution in [0.25, 0.3) is 0 Å². The summed E-state index contributed by atoms with van der Waals surface area (Å²) in [6.45, 7) is 0. The van der Waals surface area contributed by atoms with E-state index in [4.69, 9.17) is 11.6 Å². The number of alkyl halides is 1. The Kier molecular flexibility index (Phi) is 3.50. The van der Waals surface area contributed by atoms with Crippen molar-refractivity contribution in [2.45, 2.75) is 37.4 Å². The molecule has 0 N–H and O–H groups in total. The van der Waals surface area contributed by atoms with Crippen LogP contribution >= 0.6 is 23.4 Å². The van der Waals surface area contributed by atoms with Crippen molar-refractivity contribution in [3.63, 3.8) is 0 Å². The molecule has 2 aliphatic rings. The Morgan fingerprint density at radius 2 is 2.07 bits per heavy atom. The van der Waals surface area contributed by atoms with Gasteiger partial charge in [0.05, 0.1) is 5.04 Å². The van der Waals surface area contributed by atoms with E-state index < -0.39 is 0 Å². The molecule has 1 fully saturated rings. The van der Waals surface area contributed by atoms with Gasteiger partial charge in [-0.1, -0.05) is 31.0 Å². The molecule has 1 unspecified atom stereocenters. The van der Waals surface area contributed by atoms with Gasteiger partial charge >= 0.3 is 0 Å². The average Bonchev–Trinajstić information content (AvgIpc) is 2.61. The van der Waals surface area contributed by atoms with E-state index in [1.54, 1.807) is 11.8 Å². The van der Waals surface area contributed by atoms with E-state index in [-0.39, 0.29) is 11.2 Å². The molecule has 1 atom stereocenters. The van der Waals surface area contributed by atoms with Crippen LogP contribution in [0.15, 0.2) is 4.99 Å². The van der Waals surface area contributed by atoms with E-state index >= 15 is 0 Å². The molecule has 0 spiro atoms. The minimum Gasteiger partial charge on any atom is -0.271 e. The van der Waals surface area contributed by atoms with Crippen LogP contribution in [0, 0.1) is 5.92 Å². The lowest BCUT2D eigenvalue weighted by Crippen LogP contribution is -2.15. The van der Waals surface area contributed by atoms with Crippen molar-refractivity contribution in [1.82, 2.24) is 0 Å². The minimum absolute atomic E-state index is 0.0226. The van der Waals surface area contributed by atoms with Gasteiger partial charge in [-0.3, -0.25) is 4.79 Å². The van der Waals surface area contributed by atoms with E-state index in [1.807, 2.05) is 0 Å². The molecule has 0 radical (unpaired) electrons. The number of hydrogen-bond acceptors (Lipinski definition) is 2. The van der Waals surface area contributed by atoms with Crippen LogP contribution in [0.2, 0.25) is 0 Å². The SMILES string of the molecule is O=C1N=C(C2CCCCC2)SC1CCl. The summed E-state index contributed by atoms with van der Waals surface area (Å²) < 4.78 is 0. The number of carbonyl (C=O) groups excluding carboxylic acids is 1. The number of halogens is 1. The molecule has 14 heavy (non-hydrogen) atoms. The van der Waals surface area contributed by atoms with Gasteiger partial charge in [0.15, 0.2) is 0 Å². The predicted octanol–water partition coefficient (Wildman–Crippen LogP) is 2.85. The molecule has 0 saturated heterocycles. The van der Waals surface area contributed by atoms with Crippen molar-refractivity contribution in [3.8, 4) is 0 Å². The third-order valence-corrected chi connectivity index (χ3v) is 4.66. The molecule has 1 saturated carbocycles. The molecule has 1 aliphatic carbocycles. The van der Waals surface area contributed by atoms with E-state index in [1.165, 1.54) is 32.1 Å². The Morgan fingerprint density at radius 3 is 2.64 bits per heavy atom. The number of thioether (sulfide) groups is 1. The first-order valence-corrected chi connectivity index (χ1v) is 6.57. The highest BCUT2D eigenvalue weighted by molar-refractivity contribution is 8.15. The molecule has 0 aromatic rings. The summed E-state index contributed by atoms with van der Waals surface area (Å²) in [6, 6.07) is 0. The van der Waals surface area contributed by atoms with Gasteiger partial charge in [-0.25, -0.2) is 4.99 Å². The normalized spacial score (nSPS) is 29.4. The topological polar surface area (TPSA) is 29.4 Å². The zero-order valence-electron chi connectivity index (χ0n) is 8.04. The summed E-state index contributed by atoms with van der Waals surface area (Å²) in [4.78, 5) is 15.5. The molecule has 1 amide bonds. The highest BCUT2D eigenvalue weighted by Gasteiger charge is 2.32. The fourth-order valence-electron chi connectivity index (χ4n) is 2.04. The second-order valence-corrected chi connectivity index (χ2v) is 5.42. The first-order chi connectivity index (χ1) is 6.81. The number of amides is 1. The Hall–Kier alpha value is -0.0200. The van der Waals surface area contributed by atoms with Gasteiger partial charge in [-0.05, 0) is 12.8 Å². The Balaban J connectivity index is 1.98. The molecular weight excluding hydrogens is 218 g/mol. The van der Waals surface area contributed by atoms with E-state index in [0.717, 1.165) is 5.04 Å². The van der Waals surface area contributed by atoms with Gasteiger partial charge in [-0.15, -0.1) is 11.6 Å². The second kappa shape index (κ2) is 4.67. The number of hydrogen-bond donors (Lipinski definition) is 0.